The van der Waals surface area contributed by atoms with E-state index in [1.165, 1.54) is 11.6 Å². The van der Waals surface area contributed by atoms with Crippen molar-refractivity contribution in [3.05, 3.63) is 79.4 Å². The first-order chi connectivity index (χ1) is 14.0. The van der Waals surface area contributed by atoms with Gasteiger partial charge in [-0.25, -0.2) is 14.8 Å². The second-order valence-corrected chi connectivity index (χ2v) is 7.65. The second kappa shape index (κ2) is 7.51. The summed E-state index contributed by atoms with van der Waals surface area (Å²) >= 11 is 1.55. The first-order valence-electron chi connectivity index (χ1n) is 9.03. The van der Waals surface area contributed by atoms with Gasteiger partial charge < -0.3 is 10.3 Å². The molecule has 29 heavy (non-hydrogen) atoms. The molecule has 1 aromatic carbocycles. The summed E-state index contributed by atoms with van der Waals surface area (Å²) in [6.07, 6.45) is 2.31. The van der Waals surface area contributed by atoms with Crippen LogP contribution < -0.4 is 17.0 Å². The van der Waals surface area contributed by atoms with E-state index in [0.717, 1.165) is 20.7 Å². The molecule has 4 rings (SSSR count). The molecule has 2 N–H and O–H groups in total. The number of imidazole rings is 1. The third-order valence-corrected chi connectivity index (χ3v) is 5.71. The Morgan fingerprint density at radius 3 is 2.59 bits per heavy atom. The van der Waals surface area contributed by atoms with Gasteiger partial charge >= 0.3 is 5.69 Å². The highest BCUT2D eigenvalue weighted by atomic mass is 32.1. The highest BCUT2D eigenvalue weighted by Crippen LogP contribution is 2.17. The summed E-state index contributed by atoms with van der Waals surface area (Å²) in [4.78, 5) is 34.2. The number of hydrogen-bond acceptors (Lipinski definition) is 5. The van der Waals surface area contributed by atoms with Gasteiger partial charge in [-0.15, -0.1) is 11.3 Å². The van der Waals surface area contributed by atoms with Crippen molar-refractivity contribution in [2.45, 2.75) is 13.0 Å². The maximum atomic E-state index is 12.5. The van der Waals surface area contributed by atoms with Crippen molar-refractivity contribution >= 4 is 34.0 Å². The van der Waals surface area contributed by atoms with Crippen molar-refractivity contribution < 1.29 is 0 Å². The zero-order chi connectivity index (χ0) is 20.5. The van der Waals surface area contributed by atoms with Crippen molar-refractivity contribution in [2.24, 2.45) is 24.8 Å². The van der Waals surface area contributed by atoms with Crippen LogP contribution in [0.1, 0.15) is 10.4 Å². The van der Waals surface area contributed by atoms with Gasteiger partial charge in [0.1, 0.15) is 5.84 Å². The number of rotatable bonds is 5. The topological polar surface area (TPSA) is 100 Å². The van der Waals surface area contributed by atoms with Crippen molar-refractivity contribution in [2.75, 3.05) is 0 Å². The molecule has 3 heterocycles. The smallest absolute Gasteiger partial charge is 0.332 e. The fourth-order valence-electron chi connectivity index (χ4n) is 3.17. The van der Waals surface area contributed by atoms with Crippen LogP contribution >= 0.6 is 11.3 Å². The van der Waals surface area contributed by atoms with Crippen LogP contribution in [0.2, 0.25) is 0 Å². The van der Waals surface area contributed by atoms with E-state index in [-0.39, 0.29) is 11.2 Å². The Morgan fingerprint density at radius 1 is 1.14 bits per heavy atom. The number of aliphatic imine (C=N–C) groups is 1. The molecule has 0 fully saturated rings. The minimum absolute atomic E-state index is 0.339. The normalized spacial score (nSPS) is 12.0. The number of thiophene rings is 1. The van der Waals surface area contributed by atoms with Crippen molar-refractivity contribution in [3.8, 4) is 0 Å². The van der Waals surface area contributed by atoms with E-state index in [1.807, 2.05) is 41.8 Å². The molecule has 0 saturated heterocycles. The zero-order valence-corrected chi connectivity index (χ0v) is 16.9. The van der Waals surface area contributed by atoms with E-state index in [1.54, 1.807) is 29.3 Å². The van der Waals surface area contributed by atoms with Gasteiger partial charge in [0.2, 0.25) is 0 Å². The highest BCUT2D eigenvalue weighted by molar-refractivity contribution is 7.12. The van der Waals surface area contributed by atoms with Crippen LogP contribution in [-0.2, 0) is 27.1 Å². The first-order valence-corrected chi connectivity index (χ1v) is 9.91. The van der Waals surface area contributed by atoms with Crippen LogP contribution in [0.25, 0.3) is 11.2 Å². The van der Waals surface area contributed by atoms with E-state index in [9.17, 15) is 9.59 Å². The first kappa shape index (κ1) is 18.9. The summed E-state index contributed by atoms with van der Waals surface area (Å²) < 4.78 is 4.28. The summed E-state index contributed by atoms with van der Waals surface area (Å²) in [7, 11) is 3.09. The van der Waals surface area contributed by atoms with Gasteiger partial charge in [-0.3, -0.25) is 13.9 Å². The number of aryl methyl sites for hydroxylation is 3. The average Bonchev–Trinajstić information content (AvgIpc) is 3.40. The number of nitrogens with zero attached hydrogens (tertiary/aromatic N) is 5. The summed E-state index contributed by atoms with van der Waals surface area (Å²) in [6.45, 7) is 0.573. The van der Waals surface area contributed by atoms with Crippen LogP contribution in [0.4, 0.5) is 5.69 Å². The molecule has 0 unspecified atom stereocenters. The van der Waals surface area contributed by atoms with E-state index in [0.29, 0.717) is 30.0 Å². The summed E-state index contributed by atoms with van der Waals surface area (Å²) in [5.41, 5.74) is 8.02. The molecular formula is C20H20N6O2S. The number of fused-ring (bicyclic) bond motifs is 1. The standard InChI is InChI=1S/C20H20N6O2S/c1-24-18-16(19(27)25(2)20(24)28)26(12-22-18)10-9-13-5-7-14(8-6-13)23-17(21)15-4-3-11-29-15/h3-8,11-12H,9-10H2,1-2H3,(H2,21,23). The van der Waals surface area contributed by atoms with Crippen LogP contribution in [0.15, 0.2) is 62.7 Å². The molecular weight excluding hydrogens is 388 g/mol. The SMILES string of the molecule is Cn1c(=O)c2c(ncn2CCc2ccc(N=C(N)c3cccs3)cc2)n(C)c1=O. The molecule has 0 radical (unpaired) electrons. The number of aromatic nitrogens is 4. The van der Waals surface area contributed by atoms with E-state index < -0.39 is 0 Å². The Bertz CT molecular complexity index is 1310. The third-order valence-electron chi connectivity index (χ3n) is 4.82. The minimum atomic E-state index is -0.384. The van der Waals surface area contributed by atoms with Crippen LogP contribution in [0, 0.1) is 0 Å². The Balaban J connectivity index is 1.54. The second-order valence-electron chi connectivity index (χ2n) is 6.71. The lowest BCUT2D eigenvalue weighted by Crippen LogP contribution is -2.37. The molecule has 0 amide bonds. The van der Waals surface area contributed by atoms with Gasteiger partial charge in [-0.2, -0.15) is 0 Å². The third kappa shape index (κ3) is 3.52. The van der Waals surface area contributed by atoms with Gasteiger partial charge in [0, 0.05) is 20.6 Å². The maximum absolute atomic E-state index is 12.5. The molecule has 4 aromatic rings. The van der Waals surface area contributed by atoms with Gasteiger partial charge in [-0.05, 0) is 35.6 Å². The van der Waals surface area contributed by atoms with Gasteiger partial charge in [0.25, 0.3) is 5.56 Å². The lowest BCUT2D eigenvalue weighted by atomic mass is 10.1. The van der Waals surface area contributed by atoms with Gasteiger partial charge in [0.15, 0.2) is 11.2 Å². The zero-order valence-electron chi connectivity index (χ0n) is 16.1. The lowest BCUT2D eigenvalue weighted by molar-refractivity contribution is 0.685. The van der Waals surface area contributed by atoms with Crippen LogP contribution in [-0.4, -0.2) is 24.5 Å². The van der Waals surface area contributed by atoms with Crippen LogP contribution in [0.5, 0.6) is 0 Å². The Labute approximate surface area is 170 Å². The molecule has 0 saturated carbocycles. The quantitative estimate of drug-likeness (QED) is 0.402. The van der Waals surface area contributed by atoms with E-state index in [4.69, 9.17) is 5.73 Å². The summed E-state index contributed by atoms with van der Waals surface area (Å²) in [5, 5.41) is 1.96. The molecule has 0 bridgehead atoms. The fourth-order valence-corrected chi connectivity index (χ4v) is 3.80. The molecule has 8 nitrogen and oxygen atoms in total. The maximum Gasteiger partial charge on any atom is 0.332 e. The van der Waals surface area contributed by atoms with Gasteiger partial charge in [0.05, 0.1) is 16.9 Å². The summed E-state index contributed by atoms with van der Waals surface area (Å²) in [6, 6.07) is 11.7. The summed E-state index contributed by atoms with van der Waals surface area (Å²) in [5.74, 6) is 0.499. The number of hydrogen-bond donors (Lipinski definition) is 1. The molecule has 0 aliphatic carbocycles. The molecule has 0 spiro atoms. The Hall–Kier alpha value is -3.46. The lowest BCUT2D eigenvalue weighted by Gasteiger charge is -2.07. The van der Waals surface area contributed by atoms with E-state index in [2.05, 4.69) is 9.98 Å². The fraction of sp³-hybridized carbons (Fsp3) is 0.200. The number of amidine groups is 1. The molecule has 0 aliphatic heterocycles. The van der Waals surface area contributed by atoms with Gasteiger partial charge in [-0.1, -0.05) is 18.2 Å². The van der Waals surface area contributed by atoms with Crippen molar-refractivity contribution in [1.29, 1.82) is 0 Å². The molecule has 3 aromatic heterocycles. The Morgan fingerprint density at radius 2 is 1.90 bits per heavy atom. The molecule has 0 aliphatic rings. The average molecular weight is 408 g/mol. The van der Waals surface area contributed by atoms with E-state index >= 15 is 0 Å². The molecule has 9 heteroatoms. The predicted molar refractivity (Wildman–Crippen MR) is 115 cm³/mol. The molecule has 0 atom stereocenters. The molecule has 148 valence electrons. The van der Waals surface area contributed by atoms with Crippen molar-refractivity contribution in [1.82, 2.24) is 18.7 Å². The predicted octanol–water partition coefficient (Wildman–Crippen LogP) is 1.77. The minimum Gasteiger partial charge on any atom is -0.383 e. The largest absolute Gasteiger partial charge is 0.383 e. The van der Waals surface area contributed by atoms with Crippen LogP contribution in [0.3, 0.4) is 0 Å². The number of nitrogens with two attached hydrogens (primary N) is 1. The Kier molecular flexibility index (Phi) is 4.89. The monoisotopic (exact) mass is 408 g/mol. The number of benzene rings is 1. The highest BCUT2D eigenvalue weighted by Gasteiger charge is 2.14. The van der Waals surface area contributed by atoms with Crippen molar-refractivity contribution in [3.63, 3.8) is 0 Å².